The minimum atomic E-state index is -0.0148. The summed E-state index contributed by atoms with van der Waals surface area (Å²) in [7, 11) is 0. The fraction of sp³-hybridized carbons (Fsp3) is 0.350. The lowest BCUT2D eigenvalue weighted by Gasteiger charge is -2.51. The van der Waals surface area contributed by atoms with Gasteiger partial charge < -0.3 is 14.2 Å². The van der Waals surface area contributed by atoms with Crippen molar-refractivity contribution in [2.24, 2.45) is 0 Å². The van der Waals surface area contributed by atoms with Crippen LogP contribution in [0.4, 0.5) is 0 Å². The fourth-order valence-corrected chi connectivity index (χ4v) is 4.32. The van der Waals surface area contributed by atoms with Gasteiger partial charge in [0.2, 0.25) is 0 Å². The highest BCUT2D eigenvalue weighted by Gasteiger charge is 2.43. The first kappa shape index (κ1) is 16.1. The number of piperidine rings is 2. The van der Waals surface area contributed by atoms with Crippen molar-refractivity contribution in [1.29, 1.82) is 0 Å². The summed E-state index contributed by atoms with van der Waals surface area (Å²) in [4.78, 5) is 29.6. The minimum absolute atomic E-state index is 0.0148. The van der Waals surface area contributed by atoms with Crippen LogP contribution in [0.2, 0.25) is 0 Å². The van der Waals surface area contributed by atoms with Crippen molar-refractivity contribution in [3.05, 3.63) is 53.6 Å². The molecule has 2 unspecified atom stereocenters. The van der Waals surface area contributed by atoms with Crippen LogP contribution in [0.1, 0.15) is 39.3 Å². The Morgan fingerprint density at radius 1 is 1.07 bits per heavy atom. The zero-order chi connectivity index (χ0) is 18.5. The molecule has 3 saturated heterocycles. The summed E-state index contributed by atoms with van der Waals surface area (Å²) < 4.78 is 5.04. The second-order valence-corrected chi connectivity index (χ2v) is 7.39. The molecule has 5 heterocycles. The molecular formula is C20H20N4O3. The van der Waals surface area contributed by atoms with Crippen molar-refractivity contribution in [3.8, 4) is 0 Å². The maximum atomic E-state index is 13.1. The predicted octanol–water partition coefficient (Wildman–Crippen LogP) is 2.59. The third-order valence-electron chi connectivity index (χ3n) is 5.81. The molecule has 6 rings (SSSR count). The lowest BCUT2D eigenvalue weighted by Crippen LogP contribution is -2.65. The van der Waals surface area contributed by atoms with Crippen LogP contribution in [-0.4, -0.2) is 57.0 Å². The summed E-state index contributed by atoms with van der Waals surface area (Å²) in [5, 5.41) is 8.25. The predicted molar refractivity (Wildman–Crippen MR) is 98.4 cm³/mol. The summed E-state index contributed by atoms with van der Waals surface area (Å²) in [5.41, 5.74) is 3.01. The van der Waals surface area contributed by atoms with Crippen LogP contribution in [0, 0.1) is 6.92 Å². The number of carbonyl (C=O) groups excluding carboxylic acids is 2. The SMILES string of the molecule is Cc1[nH]nc2cc(C(=O)N3CC4CCC3CN4C(=O)c3ccoc3)ccc12. The van der Waals surface area contributed by atoms with E-state index < -0.39 is 0 Å². The third-order valence-corrected chi connectivity index (χ3v) is 5.81. The van der Waals surface area contributed by atoms with Crippen LogP contribution in [0.3, 0.4) is 0 Å². The van der Waals surface area contributed by atoms with E-state index in [1.165, 1.54) is 12.5 Å². The Hall–Kier alpha value is -3.09. The van der Waals surface area contributed by atoms with E-state index in [2.05, 4.69) is 10.2 Å². The molecule has 2 aromatic heterocycles. The number of fused-ring (bicyclic) bond motifs is 4. The number of furan rings is 1. The van der Waals surface area contributed by atoms with Crippen molar-refractivity contribution in [2.45, 2.75) is 31.8 Å². The van der Waals surface area contributed by atoms with Gasteiger partial charge >= 0.3 is 0 Å². The van der Waals surface area contributed by atoms with Gasteiger partial charge in [-0.15, -0.1) is 0 Å². The molecule has 0 aliphatic carbocycles. The molecule has 3 fully saturated rings. The standard InChI is InChI=1S/C20H20N4O3/c1-12-17-5-2-13(8-18(17)22-21-12)19(25)23-9-16-4-3-15(23)10-24(16)20(26)14-6-7-27-11-14/h2,5-8,11,15-16H,3-4,9-10H2,1H3,(H,21,22). The number of H-pyrrole nitrogens is 1. The lowest BCUT2D eigenvalue weighted by molar-refractivity contribution is -0.00610. The number of nitrogens with zero attached hydrogens (tertiary/aromatic N) is 3. The molecule has 0 radical (unpaired) electrons. The maximum absolute atomic E-state index is 13.1. The number of aromatic nitrogens is 2. The number of piperazine rings is 1. The first-order valence-corrected chi connectivity index (χ1v) is 9.20. The maximum Gasteiger partial charge on any atom is 0.257 e. The molecule has 2 amide bonds. The summed E-state index contributed by atoms with van der Waals surface area (Å²) in [6.45, 7) is 3.11. The van der Waals surface area contributed by atoms with Gasteiger partial charge in [0.15, 0.2) is 0 Å². The van der Waals surface area contributed by atoms with Gasteiger partial charge in [-0.25, -0.2) is 0 Å². The Kier molecular flexibility index (Phi) is 3.56. The molecule has 3 aliphatic rings. The second kappa shape index (κ2) is 5.97. The van der Waals surface area contributed by atoms with Gasteiger partial charge in [0.05, 0.1) is 17.3 Å². The average Bonchev–Trinajstić information content (AvgIpc) is 3.37. The number of carbonyl (C=O) groups is 2. The van der Waals surface area contributed by atoms with Gasteiger partial charge in [-0.1, -0.05) is 6.07 Å². The molecule has 138 valence electrons. The number of amides is 2. The largest absolute Gasteiger partial charge is 0.472 e. The number of hydrogen-bond donors (Lipinski definition) is 1. The minimum Gasteiger partial charge on any atom is -0.472 e. The topological polar surface area (TPSA) is 82.4 Å². The Morgan fingerprint density at radius 3 is 2.41 bits per heavy atom. The van der Waals surface area contributed by atoms with E-state index in [0.29, 0.717) is 24.2 Å². The molecule has 27 heavy (non-hydrogen) atoms. The zero-order valence-corrected chi connectivity index (χ0v) is 15.0. The normalized spacial score (nSPS) is 21.8. The molecular weight excluding hydrogens is 344 g/mol. The Labute approximate surface area is 155 Å². The van der Waals surface area contributed by atoms with Crippen LogP contribution < -0.4 is 0 Å². The molecule has 2 bridgehead atoms. The lowest BCUT2D eigenvalue weighted by atomic mass is 9.89. The Bertz CT molecular complexity index is 1020. The molecule has 3 aliphatic heterocycles. The highest BCUT2D eigenvalue weighted by molar-refractivity contribution is 5.99. The van der Waals surface area contributed by atoms with E-state index in [1.807, 2.05) is 34.9 Å². The Morgan fingerprint density at radius 2 is 1.78 bits per heavy atom. The summed E-state index contributed by atoms with van der Waals surface area (Å²) in [5.74, 6) is 0.00151. The van der Waals surface area contributed by atoms with Gasteiger partial charge in [-0.3, -0.25) is 14.7 Å². The molecule has 3 aromatic rings. The smallest absolute Gasteiger partial charge is 0.257 e. The van der Waals surface area contributed by atoms with E-state index in [1.54, 1.807) is 6.07 Å². The first-order valence-electron chi connectivity index (χ1n) is 9.20. The number of hydrogen-bond acceptors (Lipinski definition) is 4. The molecule has 7 nitrogen and oxygen atoms in total. The molecule has 0 saturated carbocycles. The molecule has 2 atom stereocenters. The van der Waals surface area contributed by atoms with Crippen LogP contribution in [0.25, 0.3) is 10.9 Å². The first-order chi connectivity index (χ1) is 13.1. The van der Waals surface area contributed by atoms with E-state index in [4.69, 9.17) is 4.42 Å². The van der Waals surface area contributed by atoms with E-state index in [-0.39, 0.29) is 23.9 Å². The van der Waals surface area contributed by atoms with Crippen molar-refractivity contribution in [2.75, 3.05) is 13.1 Å². The van der Waals surface area contributed by atoms with Crippen LogP contribution in [0.15, 0.2) is 41.2 Å². The molecule has 1 N–H and O–H groups in total. The van der Waals surface area contributed by atoms with Crippen molar-refractivity contribution in [1.82, 2.24) is 20.0 Å². The third kappa shape index (κ3) is 2.53. The van der Waals surface area contributed by atoms with Crippen molar-refractivity contribution in [3.63, 3.8) is 0 Å². The second-order valence-electron chi connectivity index (χ2n) is 7.39. The van der Waals surface area contributed by atoms with Crippen molar-refractivity contribution >= 4 is 22.7 Å². The molecule has 0 spiro atoms. The highest BCUT2D eigenvalue weighted by Crippen LogP contribution is 2.31. The number of aryl methyl sites for hydroxylation is 1. The van der Waals surface area contributed by atoms with Gasteiger partial charge in [0.1, 0.15) is 6.26 Å². The molecule has 7 heteroatoms. The number of aromatic amines is 1. The number of nitrogens with one attached hydrogen (secondary N) is 1. The zero-order valence-electron chi connectivity index (χ0n) is 15.0. The number of benzene rings is 1. The van der Waals surface area contributed by atoms with Crippen LogP contribution in [0.5, 0.6) is 0 Å². The van der Waals surface area contributed by atoms with E-state index in [0.717, 1.165) is 29.4 Å². The van der Waals surface area contributed by atoms with E-state index >= 15 is 0 Å². The fourth-order valence-electron chi connectivity index (χ4n) is 4.32. The monoisotopic (exact) mass is 364 g/mol. The number of rotatable bonds is 2. The van der Waals surface area contributed by atoms with Gasteiger partial charge in [0.25, 0.3) is 11.8 Å². The van der Waals surface area contributed by atoms with Gasteiger partial charge in [-0.2, -0.15) is 5.10 Å². The average molecular weight is 364 g/mol. The quantitative estimate of drug-likeness (QED) is 0.758. The summed E-state index contributed by atoms with van der Waals surface area (Å²) in [6.07, 6.45) is 4.84. The van der Waals surface area contributed by atoms with Crippen LogP contribution in [-0.2, 0) is 0 Å². The van der Waals surface area contributed by atoms with Gasteiger partial charge in [0, 0.05) is 41.8 Å². The molecule has 1 aromatic carbocycles. The Balaban J connectivity index is 1.37. The van der Waals surface area contributed by atoms with Crippen LogP contribution >= 0.6 is 0 Å². The highest BCUT2D eigenvalue weighted by atomic mass is 16.3. The van der Waals surface area contributed by atoms with E-state index in [9.17, 15) is 9.59 Å². The summed E-state index contributed by atoms with van der Waals surface area (Å²) in [6, 6.07) is 7.45. The van der Waals surface area contributed by atoms with Gasteiger partial charge in [-0.05, 0) is 38.0 Å². The van der Waals surface area contributed by atoms with Crippen molar-refractivity contribution < 1.29 is 14.0 Å². The summed E-state index contributed by atoms with van der Waals surface area (Å²) >= 11 is 0.